The van der Waals surface area contributed by atoms with Crippen LogP contribution in [0.3, 0.4) is 0 Å². The van der Waals surface area contributed by atoms with E-state index in [1.165, 1.54) is 0 Å². The number of rotatable bonds is 3. The predicted octanol–water partition coefficient (Wildman–Crippen LogP) is 1.99. The maximum absolute atomic E-state index is 12.6. The lowest BCUT2D eigenvalue weighted by Crippen LogP contribution is -2.21. The maximum atomic E-state index is 12.6. The van der Waals surface area contributed by atoms with Gasteiger partial charge in [0.05, 0.1) is 7.11 Å². The zero-order valence-corrected chi connectivity index (χ0v) is 9.81. The molecule has 1 aromatic rings. The van der Waals surface area contributed by atoms with Crippen molar-refractivity contribution < 1.29 is 18.3 Å². The molecule has 1 heterocycles. The summed E-state index contributed by atoms with van der Waals surface area (Å²) in [5.41, 5.74) is -1.88. The van der Waals surface area contributed by atoms with Crippen LogP contribution in [0.15, 0.2) is 10.9 Å². The Balaban J connectivity index is 3.46. The van der Waals surface area contributed by atoms with Crippen molar-refractivity contribution in [2.45, 2.75) is 11.8 Å². The van der Waals surface area contributed by atoms with E-state index in [2.05, 4.69) is 25.7 Å². The van der Waals surface area contributed by atoms with Gasteiger partial charge in [-0.3, -0.25) is 4.79 Å². The van der Waals surface area contributed by atoms with E-state index < -0.39 is 29.1 Å². The molecule has 0 aliphatic carbocycles. The van der Waals surface area contributed by atoms with E-state index in [0.717, 1.165) is 13.2 Å². The topological polar surface area (TPSA) is 59.2 Å². The maximum Gasteiger partial charge on any atom is 0.343 e. The summed E-state index contributed by atoms with van der Waals surface area (Å²) in [7, 11) is 1.02. The van der Waals surface area contributed by atoms with Gasteiger partial charge in [0.2, 0.25) is 0 Å². The molecule has 16 heavy (non-hydrogen) atoms. The van der Waals surface area contributed by atoms with Crippen LogP contribution < -0.4 is 5.43 Å². The first-order valence-electron chi connectivity index (χ1n) is 4.19. The van der Waals surface area contributed by atoms with Crippen LogP contribution in [0.25, 0.3) is 0 Å². The van der Waals surface area contributed by atoms with Crippen molar-refractivity contribution in [3.63, 3.8) is 0 Å². The average molecular weight is 296 g/mol. The van der Waals surface area contributed by atoms with Gasteiger partial charge in [-0.1, -0.05) is 15.9 Å². The molecule has 0 atom stereocenters. The third kappa shape index (κ3) is 2.46. The minimum absolute atomic E-state index is 0.212. The smallest absolute Gasteiger partial charge is 0.343 e. The first kappa shape index (κ1) is 12.8. The Hall–Kier alpha value is -1.24. The standard InChI is InChI=1S/C9H8BrF2NO3/c1-16-9(15)6-5(14)2-4(3-10)13-7(6)8(11)12/h2,8H,3H2,1H3,(H,13,14). The van der Waals surface area contributed by atoms with Crippen LogP contribution in [0, 0.1) is 0 Å². The van der Waals surface area contributed by atoms with Crippen molar-refractivity contribution in [1.82, 2.24) is 4.98 Å². The van der Waals surface area contributed by atoms with Gasteiger partial charge in [0.1, 0.15) is 11.3 Å². The van der Waals surface area contributed by atoms with Crippen LogP contribution in [0.4, 0.5) is 8.78 Å². The third-order valence-electron chi connectivity index (χ3n) is 1.87. The van der Waals surface area contributed by atoms with Crippen LogP contribution in [0.5, 0.6) is 0 Å². The van der Waals surface area contributed by atoms with Crippen molar-refractivity contribution in [3.05, 3.63) is 33.2 Å². The van der Waals surface area contributed by atoms with E-state index in [-0.39, 0.29) is 11.0 Å². The molecule has 0 aliphatic heterocycles. The van der Waals surface area contributed by atoms with E-state index in [4.69, 9.17) is 0 Å². The van der Waals surface area contributed by atoms with Gasteiger partial charge in [-0.2, -0.15) is 0 Å². The summed E-state index contributed by atoms with van der Waals surface area (Å²) in [6.45, 7) is 0. The molecule has 1 rings (SSSR count). The number of carbonyl (C=O) groups excluding carboxylic acids is 1. The average Bonchev–Trinajstić information content (AvgIpc) is 2.26. The van der Waals surface area contributed by atoms with Gasteiger partial charge in [0, 0.05) is 17.1 Å². The number of H-pyrrole nitrogens is 1. The molecule has 4 nitrogen and oxygen atoms in total. The van der Waals surface area contributed by atoms with Gasteiger partial charge in [-0.25, -0.2) is 13.6 Å². The number of hydrogen-bond acceptors (Lipinski definition) is 3. The van der Waals surface area contributed by atoms with Gasteiger partial charge >= 0.3 is 5.97 Å². The second-order valence-corrected chi connectivity index (χ2v) is 3.43. The van der Waals surface area contributed by atoms with E-state index >= 15 is 0 Å². The highest BCUT2D eigenvalue weighted by atomic mass is 79.9. The highest BCUT2D eigenvalue weighted by Crippen LogP contribution is 2.20. The minimum Gasteiger partial charge on any atom is -0.465 e. The lowest BCUT2D eigenvalue weighted by atomic mass is 10.1. The molecule has 0 fully saturated rings. The number of ether oxygens (including phenoxy) is 1. The number of carbonyl (C=O) groups is 1. The summed E-state index contributed by atoms with van der Waals surface area (Å²) in [5.74, 6) is -1.07. The lowest BCUT2D eigenvalue weighted by molar-refractivity contribution is 0.0585. The first-order valence-corrected chi connectivity index (χ1v) is 5.32. The number of aromatic amines is 1. The number of nitrogens with one attached hydrogen (secondary N) is 1. The van der Waals surface area contributed by atoms with Crippen LogP contribution in [-0.2, 0) is 10.1 Å². The molecule has 0 bridgehead atoms. The highest BCUT2D eigenvalue weighted by molar-refractivity contribution is 9.08. The fourth-order valence-electron chi connectivity index (χ4n) is 1.18. The van der Waals surface area contributed by atoms with E-state index in [1.807, 2.05) is 0 Å². The highest BCUT2D eigenvalue weighted by Gasteiger charge is 2.23. The number of aromatic nitrogens is 1. The normalized spacial score (nSPS) is 10.6. The summed E-state index contributed by atoms with van der Waals surface area (Å²) >= 11 is 3.02. The Kier molecular flexibility index (Phi) is 4.17. The Morgan fingerprint density at radius 3 is 2.69 bits per heavy atom. The SMILES string of the molecule is COC(=O)c1c(C(F)F)[nH]c(CBr)cc1=O. The minimum atomic E-state index is -2.94. The second kappa shape index (κ2) is 5.20. The molecule has 0 aromatic carbocycles. The molecule has 88 valence electrons. The van der Waals surface area contributed by atoms with Gasteiger partial charge in [0.25, 0.3) is 6.43 Å². The summed E-state index contributed by atoms with van der Waals surface area (Å²) in [5, 5.41) is 0.212. The Morgan fingerprint density at radius 1 is 1.62 bits per heavy atom. The molecule has 0 unspecified atom stereocenters. The van der Waals surface area contributed by atoms with Crippen molar-refractivity contribution in [2.75, 3.05) is 7.11 Å². The second-order valence-electron chi connectivity index (χ2n) is 2.87. The van der Waals surface area contributed by atoms with Crippen LogP contribution in [-0.4, -0.2) is 18.1 Å². The molecule has 0 aliphatic rings. The molecule has 0 amide bonds. The van der Waals surface area contributed by atoms with Crippen molar-refractivity contribution >= 4 is 21.9 Å². The molecule has 7 heteroatoms. The number of pyridine rings is 1. The van der Waals surface area contributed by atoms with Gasteiger partial charge in [-0.05, 0) is 0 Å². The molecular formula is C9H8BrF2NO3. The van der Waals surface area contributed by atoms with Crippen LogP contribution >= 0.6 is 15.9 Å². The molecular weight excluding hydrogens is 288 g/mol. The van der Waals surface area contributed by atoms with Crippen LogP contribution in [0.1, 0.15) is 28.2 Å². The molecule has 0 saturated carbocycles. The van der Waals surface area contributed by atoms with E-state index in [1.54, 1.807) is 0 Å². The third-order valence-corrected chi connectivity index (χ3v) is 2.47. The fourth-order valence-corrected chi connectivity index (χ4v) is 1.49. The Bertz CT molecular complexity index is 459. The zero-order chi connectivity index (χ0) is 12.3. The summed E-state index contributed by atoms with van der Waals surface area (Å²) < 4.78 is 29.5. The molecule has 1 aromatic heterocycles. The molecule has 0 radical (unpaired) electrons. The fraction of sp³-hybridized carbons (Fsp3) is 0.333. The lowest BCUT2D eigenvalue weighted by Gasteiger charge is -2.08. The largest absolute Gasteiger partial charge is 0.465 e. The number of alkyl halides is 3. The number of esters is 1. The molecule has 0 saturated heterocycles. The van der Waals surface area contributed by atoms with E-state index in [9.17, 15) is 18.4 Å². The quantitative estimate of drug-likeness (QED) is 0.685. The number of halogens is 3. The summed E-state index contributed by atoms with van der Waals surface area (Å²) in [6.07, 6.45) is -2.94. The zero-order valence-electron chi connectivity index (χ0n) is 8.22. The van der Waals surface area contributed by atoms with E-state index in [0.29, 0.717) is 0 Å². The molecule has 1 N–H and O–H groups in total. The number of hydrogen-bond donors (Lipinski definition) is 1. The van der Waals surface area contributed by atoms with Crippen molar-refractivity contribution in [1.29, 1.82) is 0 Å². The summed E-state index contributed by atoms with van der Waals surface area (Å²) in [4.78, 5) is 24.9. The Labute approximate surface area is 97.7 Å². The monoisotopic (exact) mass is 295 g/mol. The Morgan fingerprint density at radius 2 is 2.25 bits per heavy atom. The molecule has 0 spiro atoms. The van der Waals surface area contributed by atoms with Gasteiger partial charge < -0.3 is 9.72 Å². The number of methoxy groups -OCH3 is 1. The van der Waals surface area contributed by atoms with Crippen molar-refractivity contribution in [2.24, 2.45) is 0 Å². The van der Waals surface area contributed by atoms with Gasteiger partial charge in [-0.15, -0.1) is 0 Å². The predicted molar refractivity (Wildman–Crippen MR) is 56.0 cm³/mol. The summed E-state index contributed by atoms with van der Waals surface area (Å²) in [6, 6.07) is 1.08. The van der Waals surface area contributed by atoms with Gasteiger partial charge in [0.15, 0.2) is 5.43 Å². The first-order chi connectivity index (χ1) is 7.51. The van der Waals surface area contributed by atoms with Crippen LogP contribution in [0.2, 0.25) is 0 Å². The van der Waals surface area contributed by atoms with Crippen molar-refractivity contribution in [3.8, 4) is 0 Å².